The van der Waals surface area contributed by atoms with Gasteiger partial charge in [0.05, 0.1) is 19.0 Å². The molecule has 4 rings (SSSR count). The Labute approximate surface area is 154 Å². The zero-order valence-electron chi connectivity index (χ0n) is 14.7. The molecule has 2 aliphatic heterocycles. The van der Waals surface area contributed by atoms with Crippen LogP contribution in [0, 0.1) is 11.6 Å². The fourth-order valence-corrected chi connectivity index (χ4v) is 3.56. The number of rotatable bonds is 3. The molecule has 5 nitrogen and oxygen atoms in total. The van der Waals surface area contributed by atoms with Gasteiger partial charge in [0.15, 0.2) is 0 Å². The van der Waals surface area contributed by atoms with Gasteiger partial charge in [0, 0.05) is 18.1 Å². The highest BCUT2D eigenvalue weighted by atomic mass is 19.1. The lowest BCUT2D eigenvalue weighted by atomic mass is 10.00. The predicted octanol–water partition coefficient (Wildman–Crippen LogP) is 3.47. The van der Waals surface area contributed by atoms with E-state index in [-0.39, 0.29) is 24.6 Å². The molecule has 0 bridgehead atoms. The number of imide groups is 1. The fourth-order valence-electron chi connectivity index (χ4n) is 3.56. The van der Waals surface area contributed by atoms with Crippen molar-refractivity contribution >= 4 is 11.9 Å². The Morgan fingerprint density at radius 3 is 2.70 bits per heavy atom. The van der Waals surface area contributed by atoms with Crippen LogP contribution in [0.25, 0.3) is 0 Å². The van der Waals surface area contributed by atoms with E-state index >= 15 is 0 Å². The van der Waals surface area contributed by atoms with Gasteiger partial charge in [0.2, 0.25) is 5.91 Å². The van der Waals surface area contributed by atoms with Gasteiger partial charge in [-0.2, -0.15) is 0 Å². The Morgan fingerprint density at radius 1 is 1.15 bits per heavy atom. The summed E-state index contributed by atoms with van der Waals surface area (Å²) in [4.78, 5) is 26.0. The number of hydrogen-bond acceptors (Lipinski definition) is 3. The summed E-state index contributed by atoms with van der Waals surface area (Å²) < 4.78 is 32.7. The van der Waals surface area contributed by atoms with Gasteiger partial charge in [-0.1, -0.05) is 18.2 Å². The van der Waals surface area contributed by atoms with Crippen LogP contribution in [-0.4, -0.2) is 22.9 Å². The number of amides is 3. The number of benzene rings is 2. The van der Waals surface area contributed by atoms with E-state index in [1.54, 1.807) is 0 Å². The van der Waals surface area contributed by atoms with Crippen molar-refractivity contribution in [1.29, 1.82) is 0 Å². The highest BCUT2D eigenvalue weighted by Crippen LogP contribution is 2.31. The Kier molecular flexibility index (Phi) is 4.30. The van der Waals surface area contributed by atoms with E-state index in [4.69, 9.17) is 4.74 Å². The molecule has 0 saturated carbocycles. The van der Waals surface area contributed by atoms with Gasteiger partial charge in [0.1, 0.15) is 23.5 Å². The molecule has 7 heteroatoms. The second-order valence-electron chi connectivity index (χ2n) is 6.93. The van der Waals surface area contributed by atoms with Crippen molar-refractivity contribution in [3.8, 4) is 5.75 Å². The average Bonchev–Trinajstić information content (AvgIpc) is 2.97. The molecule has 2 aliphatic rings. The number of ether oxygens (including phenoxy) is 1. The highest BCUT2D eigenvalue weighted by molar-refractivity contribution is 5.97. The van der Waals surface area contributed by atoms with Crippen molar-refractivity contribution < 1.29 is 23.1 Å². The monoisotopic (exact) mass is 372 g/mol. The number of fused-ring (bicyclic) bond motifs is 1. The van der Waals surface area contributed by atoms with Gasteiger partial charge >= 0.3 is 6.03 Å². The smallest absolute Gasteiger partial charge is 0.324 e. The van der Waals surface area contributed by atoms with E-state index in [9.17, 15) is 18.4 Å². The Bertz CT molecular complexity index is 913. The third-order valence-corrected chi connectivity index (χ3v) is 4.86. The van der Waals surface area contributed by atoms with Crippen LogP contribution in [0.3, 0.4) is 0 Å². The van der Waals surface area contributed by atoms with Crippen LogP contribution >= 0.6 is 0 Å². The molecule has 2 aromatic carbocycles. The summed E-state index contributed by atoms with van der Waals surface area (Å²) in [5, 5.41) is 2.63. The molecule has 0 aromatic heterocycles. The first kappa shape index (κ1) is 17.5. The van der Waals surface area contributed by atoms with Crippen molar-refractivity contribution in [2.45, 2.75) is 38.5 Å². The molecule has 140 valence electrons. The first-order valence-electron chi connectivity index (χ1n) is 8.75. The average molecular weight is 372 g/mol. The summed E-state index contributed by atoms with van der Waals surface area (Å²) in [7, 11) is 0. The maximum absolute atomic E-state index is 14.0. The summed E-state index contributed by atoms with van der Waals surface area (Å²) in [6.07, 6.45) is 0.816. The van der Waals surface area contributed by atoms with Crippen molar-refractivity contribution in [3.05, 3.63) is 64.7 Å². The SMILES string of the molecule is CC1Cc2cc(CN3C(=O)CC(c4ccc(F)cc4F)NC3=O)ccc2O1. The van der Waals surface area contributed by atoms with Gasteiger partial charge in [-0.3, -0.25) is 9.69 Å². The Balaban J connectivity index is 1.49. The minimum atomic E-state index is -0.809. The standard InChI is InChI=1S/C20H18F2N2O3/c1-11-6-13-7-12(2-5-18(13)27-11)10-24-19(25)9-17(23-20(24)26)15-4-3-14(21)8-16(15)22/h2-5,7-8,11,17H,6,9-10H2,1H3,(H,23,26). The molecule has 1 fully saturated rings. The van der Waals surface area contributed by atoms with Crippen molar-refractivity contribution in [2.75, 3.05) is 0 Å². The van der Waals surface area contributed by atoms with Crippen LogP contribution in [0.1, 0.15) is 36.1 Å². The van der Waals surface area contributed by atoms with Crippen LogP contribution in [0.5, 0.6) is 5.75 Å². The summed E-state index contributed by atoms with van der Waals surface area (Å²) in [6.45, 7) is 2.11. The lowest BCUT2D eigenvalue weighted by molar-refractivity contribution is -0.130. The van der Waals surface area contributed by atoms with E-state index in [1.807, 2.05) is 25.1 Å². The lowest BCUT2D eigenvalue weighted by Gasteiger charge is -2.31. The molecule has 0 aliphatic carbocycles. The number of urea groups is 1. The van der Waals surface area contributed by atoms with E-state index in [0.717, 1.165) is 40.3 Å². The van der Waals surface area contributed by atoms with Gasteiger partial charge in [0.25, 0.3) is 0 Å². The van der Waals surface area contributed by atoms with Crippen molar-refractivity contribution in [3.63, 3.8) is 0 Å². The molecule has 1 N–H and O–H groups in total. The Morgan fingerprint density at radius 2 is 1.96 bits per heavy atom. The first-order chi connectivity index (χ1) is 12.9. The zero-order chi connectivity index (χ0) is 19.1. The molecule has 0 spiro atoms. The molecule has 3 amide bonds. The number of hydrogen-bond donors (Lipinski definition) is 1. The molecule has 2 unspecified atom stereocenters. The summed E-state index contributed by atoms with van der Waals surface area (Å²) >= 11 is 0. The van der Waals surface area contributed by atoms with Gasteiger partial charge in [-0.05, 0) is 30.2 Å². The number of halogens is 2. The minimum absolute atomic E-state index is 0.0840. The van der Waals surface area contributed by atoms with E-state index in [2.05, 4.69) is 5.32 Å². The normalized spacial score (nSPS) is 21.7. The molecule has 2 heterocycles. The molecule has 2 atom stereocenters. The van der Waals surface area contributed by atoms with Crippen LogP contribution in [0.4, 0.5) is 13.6 Å². The predicted molar refractivity (Wildman–Crippen MR) is 93.0 cm³/mol. The largest absolute Gasteiger partial charge is 0.490 e. The molecular formula is C20H18F2N2O3. The molecule has 2 aromatic rings. The van der Waals surface area contributed by atoms with Gasteiger partial charge in [-0.15, -0.1) is 0 Å². The zero-order valence-corrected chi connectivity index (χ0v) is 14.7. The van der Waals surface area contributed by atoms with Crippen LogP contribution < -0.4 is 10.1 Å². The summed E-state index contributed by atoms with van der Waals surface area (Å²) in [5.74, 6) is -1.07. The maximum atomic E-state index is 14.0. The van der Waals surface area contributed by atoms with Crippen molar-refractivity contribution in [2.24, 2.45) is 0 Å². The van der Waals surface area contributed by atoms with Crippen molar-refractivity contribution in [1.82, 2.24) is 10.2 Å². The number of nitrogens with zero attached hydrogens (tertiary/aromatic N) is 1. The van der Waals surface area contributed by atoms with Crippen LogP contribution in [-0.2, 0) is 17.8 Å². The second kappa shape index (κ2) is 6.64. The molecule has 27 heavy (non-hydrogen) atoms. The van der Waals surface area contributed by atoms with Gasteiger partial charge in [-0.25, -0.2) is 13.6 Å². The van der Waals surface area contributed by atoms with E-state index < -0.39 is 29.6 Å². The second-order valence-corrected chi connectivity index (χ2v) is 6.93. The third-order valence-electron chi connectivity index (χ3n) is 4.86. The highest BCUT2D eigenvalue weighted by Gasteiger charge is 2.34. The summed E-state index contributed by atoms with van der Waals surface area (Å²) in [6, 6.07) is 7.30. The van der Waals surface area contributed by atoms with E-state index in [0.29, 0.717) is 0 Å². The molecular weight excluding hydrogens is 354 g/mol. The van der Waals surface area contributed by atoms with E-state index in [1.165, 1.54) is 6.07 Å². The van der Waals surface area contributed by atoms with Gasteiger partial charge < -0.3 is 10.1 Å². The maximum Gasteiger partial charge on any atom is 0.324 e. The lowest BCUT2D eigenvalue weighted by Crippen LogP contribution is -2.50. The third kappa shape index (κ3) is 3.37. The fraction of sp³-hybridized carbons (Fsp3) is 0.300. The van der Waals surface area contributed by atoms with Crippen LogP contribution in [0.2, 0.25) is 0 Å². The topological polar surface area (TPSA) is 58.6 Å². The minimum Gasteiger partial charge on any atom is -0.490 e. The number of nitrogens with one attached hydrogen (secondary N) is 1. The first-order valence-corrected chi connectivity index (χ1v) is 8.75. The molecule has 1 saturated heterocycles. The number of carbonyl (C=O) groups is 2. The summed E-state index contributed by atoms with van der Waals surface area (Å²) in [5.41, 5.74) is 1.97. The Hall–Kier alpha value is -2.96. The number of carbonyl (C=O) groups excluding carboxylic acids is 2. The quantitative estimate of drug-likeness (QED) is 0.898. The molecule has 0 radical (unpaired) electrons. The van der Waals surface area contributed by atoms with Crippen LogP contribution in [0.15, 0.2) is 36.4 Å².